The molecule has 82 valence electrons. The highest BCUT2D eigenvalue weighted by Gasteiger charge is 2.13. The predicted molar refractivity (Wildman–Crippen MR) is 63.7 cm³/mol. The molecule has 1 amide bonds. The van der Waals surface area contributed by atoms with Gasteiger partial charge in [0.25, 0.3) is 5.91 Å². The Morgan fingerprint density at radius 1 is 1.50 bits per heavy atom. The van der Waals surface area contributed by atoms with Gasteiger partial charge in [-0.2, -0.15) is 0 Å². The summed E-state index contributed by atoms with van der Waals surface area (Å²) < 4.78 is 0. The van der Waals surface area contributed by atoms with E-state index in [9.17, 15) is 4.79 Å². The van der Waals surface area contributed by atoms with E-state index >= 15 is 0 Å². The lowest BCUT2D eigenvalue weighted by Gasteiger charge is -2.05. The van der Waals surface area contributed by atoms with E-state index in [0.29, 0.717) is 16.4 Å². The van der Waals surface area contributed by atoms with Gasteiger partial charge in [0, 0.05) is 0 Å². The molecule has 0 radical (unpaired) electrons. The molecule has 0 aliphatic carbocycles. The Kier molecular flexibility index (Phi) is 3.02. The van der Waals surface area contributed by atoms with E-state index in [1.165, 1.54) is 16.8 Å². The minimum absolute atomic E-state index is 0.240. The van der Waals surface area contributed by atoms with Gasteiger partial charge >= 0.3 is 0 Å². The third-order valence-corrected chi connectivity index (χ3v) is 2.88. The Bertz CT molecular complexity index is 514. The second-order valence-corrected chi connectivity index (χ2v) is 4.12. The zero-order valence-electron chi connectivity index (χ0n) is 7.98. The summed E-state index contributed by atoms with van der Waals surface area (Å²) >= 11 is 7.14. The first-order valence-electron chi connectivity index (χ1n) is 4.30. The van der Waals surface area contributed by atoms with Gasteiger partial charge in [0.05, 0.1) is 16.3 Å². The number of amides is 1. The van der Waals surface area contributed by atoms with Crippen molar-refractivity contribution in [1.82, 2.24) is 10.2 Å². The summed E-state index contributed by atoms with van der Waals surface area (Å²) in [6.45, 7) is 0. The smallest absolute Gasteiger partial charge is 0.259 e. The lowest BCUT2D eigenvalue weighted by Crippen LogP contribution is -2.12. The molecule has 0 aliphatic heterocycles. The highest BCUT2D eigenvalue weighted by molar-refractivity contribution is 7.13. The third kappa shape index (κ3) is 2.12. The van der Waals surface area contributed by atoms with Gasteiger partial charge in [-0.3, -0.25) is 10.1 Å². The zero-order valence-corrected chi connectivity index (χ0v) is 9.55. The third-order valence-electron chi connectivity index (χ3n) is 1.85. The van der Waals surface area contributed by atoms with Crippen LogP contribution in [0.2, 0.25) is 5.02 Å². The van der Waals surface area contributed by atoms with Crippen LogP contribution in [0, 0.1) is 0 Å². The maximum atomic E-state index is 11.8. The molecule has 0 atom stereocenters. The maximum absolute atomic E-state index is 11.8. The van der Waals surface area contributed by atoms with Gasteiger partial charge in [-0.1, -0.05) is 29.0 Å². The van der Waals surface area contributed by atoms with Crippen LogP contribution in [0.5, 0.6) is 0 Å². The molecule has 16 heavy (non-hydrogen) atoms. The summed E-state index contributed by atoms with van der Waals surface area (Å²) in [7, 11) is 0. The first-order valence-corrected chi connectivity index (χ1v) is 5.56. The number of nitrogens with two attached hydrogens (primary N) is 1. The second-order valence-electron chi connectivity index (χ2n) is 2.91. The number of carbonyl (C=O) groups excluding carboxylic acids is 1. The molecule has 7 heteroatoms. The van der Waals surface area contributed by atoms with Crippen LogP contribution in [0.1, 0.15) is 10.4 Å². The van der Waals surface area contributed by atoms with Crippen molar-refractivity contribution >= 4 is 39.7 Å². The van der Waals surface area contributed by atoms with Crippen LogP contribution in [0.25, 0.3) is 0 Å². The number of aromatic nitrogens is 2. The number of rotatable bonds is 2. The molecule has 1 heterocycles. The number of halogens is 1. The van der Waals surface area contributed by atoms with Crippen molar-refractivity contribution in [1.29, 1.82) is 0 Å². The number of hydrogen-bond donors (Lipinski definition) is 2. The number of anilines is 2. The van der Waals surface area contributed by atoms with Crippen molar-refractivity contribution in [2.75, 3.05) is 11.1 Å². The molecule has 0 saturated heterocycles. The van der Waals surface area contributed by atoms with Gasteiger partial charge in [-0.15, -0.1) is 10.2 Å². The van der Waals surface area contributed by atoms with E-state index in [1.54, 1.807) is 18.2 Å². The molecule has 5 nitrogen and oxygen atoms in total. The summed E-state index contributed by atoms with van der Waals surface area (Å²) in [6, 6.07) is 4.88. The van der Waals surface area contributed by atoms with Gasteiger partial charge < -0.3 is 5.73 Å². The molecule has 1 aromatic heterocycles. The first kappa shape index (κ1) is 10.8. The molecular weight excluding hydrogens is 248 g/mol. The molecular formula is C9H7ClN4OS. The Hall–Kier alpha value is -1.66. The van der Waals surface area contributed by atoms with Crippen LogP contribution in [0.4, 0.5) is 10.8 Å². The average molecular weight is 255 g/mol. The normalized spacial score (nSPS) is 10.1. The fraction of sp³-hybridized carbons (Fsp3) is 0. The minimum Gasteiger partial charge on any atom is -0.398 e. The molecule has 2 aromatic rings. The number of benzene rings is 1. The lowest BCUT2D eigenvalue weighted by atomic mass is 10.2. The molecule has 0 unspecified atom stereocenters. The number of carbonyl (C=O) groups is 1. The summed E-state index contributed by atoms with van der Waals surface area (Å²) in [5.41, 5.74) is 7.80. The van der Waals surface area contributed by atoms with E-state index < -0.39 is 0 Å². The topological polar surface area (TPSA) is 80.9 Å². The quantitative estimate of drug-likeness (QED) is 0.804. The van der Waals surface area contributed by atoms with Crippen molar-refractivity contribution < 1.29 is 4.79 Å². The average Bonchev–Trinajstić information content (AvgIpc) is 2.74. The van der Waals surface area contributed by atoms with Crippen molar-refractivity contribution in [2.24, 2.45) is 0 Å². The summed E-state index contributed by atoms with van der Waals surface area (Å²) in [5, 5.41) is 10.5. The Morgan fingerprint density at radius 3 is 3.00 bits per heavy atom. The number of hydrogen-bond acceptors (Lipinski definition) is 5. The molecule has 3 N–H and O–H groups in total. The molecule has 0 spiro atoms. The maximum Gasteiger partial charge on any atom is 0.259 e. The fourth-order valence-electron chi connectivity index (χ4n) is 1.12. The lowest BCUT2D eigenvalue weighted by molar-refractivity contribution is 0.102. The molecule has 1 aromatic carbocycles. The Labute approximate surface area is 100 Å². The Balaban J connectivity index is 2.24. The van der Waals surface area contributed by atoms with E-state index in [0.717, 1.165) is 0 Å². The van der Waals surface area contributed by atoms with Crippen molar-refractivity contribution in [2.45, 2.75) is 0 Å². The monoisotopic (exact) mass is 254 g/mol. The summed E-state index contributed by atoms with van der Waals surface area (Å²) in [4.78, 5) is 11.8. The van der Waals surface area contributed by atoms with Crippen LogP contribution in [-0.4, -0.2) is 16.1 Å². The Morgan fingerprint density at radius 2 is 2.31 bits per heavy atom. The molecule has 2 rings (SSSR count). The van der Waals surface area contributed by atoms with Gasteiger partial charge in [-0.25, -0.2) is 0 Å². The van der Waals surface area contributed by atoms with E-state index in [1.807, 2.05) is 0 Å². The summed E-state index contributed by atoms with van der Waals surface area (Å²) in [6.07, 6.45) is 0. The summed E-state index contributed by atoms with van der Waals surface area (Å²) in [5.74, 6) is -0.353. The number of nitrogens with one attached hydrogen (secondary N) is 1. The predicted octanol–water partition coefficient (Wildman–Crippen LogP) is 2.03. The van der Waals surface area contributed by atoms with Crippen LogP contribution < -0.4 is 11.1 Å². The molecule has 0 bridgehead atoms. The van der Waals surface area contributed by atoms with Crippen LogP contribution >= 0.6 is 22.9 Å². The molecule has 0 fully saturated rings. The highest BCUT2D eigenvalue weighted by atomic mass is 35.5. The second kappa shape index (κ2) is 4.46. The van der Waals surface area contributed by atoms with Gasteiger partial charge in [0.2, 0.25) is 5.13 Å². The number of nitrogen functional groups attached to an aromatic ring is 1. The molecule has 0 aliphatic rings. The van der Waals surface area contributed by atoms with Crippen LogP contribution in [0.3, 0.4) is 0 Å². The van der Waals surface area contributed by atoms with E-state index in [-0.39, 0.29) is 10.9 Å². The highest BCUT2D eigenvalue weighted by Crippen LogP contribution is 2.24. The fourth-order valence-corrected chi connectivity index (χ4v) is 1.77. The molecule has 0 saturated carbocycles. The van der Waals surface area contributed by atoms with Crippen LogP contribution in [-0.2, 0) is 0 Å². The van der Waals surface area contributed by atoms with Gasteiger partial charge in [0.15, 0.2) is 0 Å². The van der Waals surface area contributed by atoms with Crippen LogP contribution in [0.15, 0.2) is 23.7 Å². The van der Waals surface area contributed by atoms with Crippen molar-refractivity contribution in [3.05, 3.63) is 34.3 Å². The largest absolute Gasteiger partial charge is 0.398 e. The van der Waals surface area contributed by atoms with Gasteiger partial charge in [-0.05, 0) is 12.1 Å². The zero-order chi connectivity index (χ0) is 11.5. The van der Waals surface area contributed by atoms with Crippen molar-refractivity contribution in [3.63, 3.8) is 0 Å². The number of nitrogens with zero attached hydrogens (tertiary/aromatic N) is 2. The van der Waals surface area contributed by atoms with E-state index in [4.69, 9.17) is 17.3 Å². The van der Waals surface area contributed by atoms with Gasteiger partial charge in [0.1, 0.15) is 5.51 Å². The van der Waals surface area contributed by atoms with Crippen molar-refractivity contribution in [3.8, 4) is 0 Å². The minimum atomic E-state index is -0.353. The first-order chi connectivity index (χ1) is 7.68. The SMILES string of the molecule is Nc1cccc(C(=O)Nc2nncs2)c1Cl. The van der Waals surface area contributed by atoms with E-state index in [2.05, 4.69) is 15.5 Å². The standard InChI is InChI=1S/C9H7ClN4OS/c10-7-5(2-1-3-6(7)11)8(15)13-9-14-12-4-16-9/h1-4H,11H2,(H,13,14,15).